The molecule has 21 heavy (non-hydrogen) atoms. The standard InChI is InChI=1S/C15H21NO5/c1-11(17)13-9-12(16(19)20)5-6-14(13)21-10-15(18)7-3-2-4-8-15/h5-6,9,11,17-18H,2-4,7-8,10H2,1H3/t11-/m0/s1. The zero-order valence-corrected chi connectivity index (χ0v) is 12.1. The van der Waals surface area contributed by atoms with Gasteiger partial charge in [0.1, 0.15) is 12.4 Å². The summed E-state index contributed by atoms with van der Waals surface area (Å²) < 4.78 is 5.64. The molecule has 0 spiro atoms. The molecule has 1 saturated carbocycles. The van der Waals surface area contributed by atoms with E-state index in [9.17, 15) is 20.3 Å². The fourth-order valence-electron chi connectivity index (χ4n) is 2.67. The number of non-ortho nitro benzene ring substituents is 1. The minimum atomic E-state index is -0.874. The maximum absolute atomic E-state index is 10.8. The Hall–Kier alpha value is -1.66. The van der Waals surface area contributed by atoms with Crippen molar-refractivity contribution in [2.24, 2.45) is 0 Å². The highest BCUT2D eigenvalue weighted by Gasteiger charge is 2.30. The number of nitro benzene ring substituents is 1. The van der Waals surface area contributed by atoms with Gasteiger partial charge in [0.2, 0.25) is 0 Å². The van der Waals surface area contributed by atoms with Gasteiger partial charge in [0.15, 0.2) is 0 Å². The lowest BCUT2D eigenvalue weighted by atomic mass is 9.85. The fourth-order valence-corrected chi connectivity index (χ4v) is 2.67. The first-order chi connectivity index (χ1) is 9.91. The number of nitrogens with zero attached hydrogens (tertiary/aromatic N) is 1. The van der Waals surface area contributed by atoms with Gasteiger partial charge < -0.3 is 14.9 Å². The summed E-state index contributed by atoms with van der Waals surface area (Å²) in [5.74, 6) is 0.384. The second-order valence-electron chi connectivity index (χ2n) is 5.73. The number of aliphatic hydroxyl groups is 2. The summed E-state index contributed by atoms with van der Waals surface area (Å²) in [6.07, 6.45) is 3.60. The summed E-state index contributed by atoms with van der Waals surface area (Å²) in [5, 5.41) is 30.9. The second kappa shape index (κ2) is 6.41. The summed E-state index contributed by atoms with van der Waals surface area (Å²) in [5.41, 5.74) is -0.561. The summed E-state index contributed by atoms with van der Waals surface area (Å²) in [6, 6.07) is 4.13. The van der Waals surface area contributed by atoms with Gasteiger partial charge in [-0.2, -0.15) is 0 Å². The van der Waals surface area contributed by atoms with Gasteiger partial charge in [0, 0.05) is 17.7 Å². The van der Waals surface area contributed by atoms with Crippen LogP contribution in [0.4, 0.5) is 5.69 Å². The molecule has 6 nitrogen and oxygen atoms in total. The number of hydrogen-bond acceptors (Lipinski definition) is 5. The number of rotatable bonds is 5. The van der Waals surface area contributed by atoms with Crippen molar-refractivity contribution in [3.8, 4) is 5.75 Å². The maximum atomic E-state index is 10.8. The largest absolute Gasteiger partial charge is 0.490 e. The first kappa shape index (κ1) is 15.7. The van der Waals surface area contributed by atoms with Crippen LogP contribution in [0.5, 0.6) is 5.75 Å². The van der Waals surface area contributed by atoms with Crippen LogP contribution in [-0.2, 0) is 0 Å². The molecule has 0 unspecified atom stereocenters. The topological polar surface area (TPSA) is 92.8 Å². The SMILES string of the molecule is C[C@H](O)c1cc([N+](=O)[O-])ccc1OCC1(O)CCCCC1. The first-order valence-corrected chi connectivity index (χ1v) is 7.23. The number of nitro groups is 1. The minimum Gasteiger partial charge on any atom is -0.490 e. The van der Waals surface area contributed by atoms with Gasteiger partial charge in [-0.1, -0.05) is 19.3 Å². The Morgan fingerprint density at radius 3 is 2.62 bits per heavy atom. The number of aliphatic hydroxyl groups excluding tert-OH is 1. The van der Waals surface area contributed by atoms with E-state index in [4.69, 9.17) is 4.74 Å². The van der Waals surface area contributed by atoms with Gasteiger partial charge >= 0.3 is 0 Å². The van der Waals surface area contributed by atoms with E-state index in [0.717, 1.165) is 19.3 Å². The molecule has 0 radical (unpaired) electrons. The number of benzene rings is 1. The lowest BCUT2D eigenvalue weighted by Gasteiger charge is -2.32. The van der Waals surface area contributed by atoms with Crippen LogP contribution in [0, 0.1) is 10.1 Å². The van der Waals surface area contributed by atoms with E-state index in [1.54, 1.807) is 0 Å². The van der Waals surface area contributed by atoms with Crippen LogP contribution in [0.2, 0.25) is 0 Å². The first-order valence-electron chi connectivity index (χ1n) is 7.23. The van der Waals surface area contributed by atoms with Crippen LogP contribution in [0.25, 0.3) is 0 Å². The van der Waals surface area contributed by atoms with Crippen LogP contribution in [0.1, 0.15) is 50.7 Å². The molecule has 1 aromatic rings. The molecule has 0 aliphatic heterocycles. The van der Waals surface area contributed by atoms with Gasteiger partial charge in [-0.3, -0.25) is 10.1 Å². The summed E-state index contributed by atoms with van der Waals surface area (Å²) in [4.78, 5) is 10.3. The predicted molar refractivity (Wildman–Crippen MR) is 77.3 cm³/mol. The Morgan fingerprint density at radius 1 is 1.38 bits per heavy atom. The van der Waals surface area contributed by atoms with E-state index in [2.05, 4.69) is 0 Å². The van der Waals surface area contributed by atoms with Crippen molar-refractivity contribution in [2.75, 3.05) is 6.61 Å². The third-order valence-electron chi connectivity index (χ3n) is 3.93. The van der Waals surface area contributed by atoms with Crippen molar-refractivity contribution in [2.45, 2.75) is 50.7 Å². The number of hydrogen-bond donors (Lipinski definition) is 2. The van der Waals surface area contributed by atoms with E-state index in [1.807, 2.05) is 0 Å². The third-order valence-corrected chi connectivity index (χ3v) is 3.93. The van der Waals surface area contributed by atoms with E-state index >= 15 is 0 Å². The smallest absolute Gasteiger partial charge is 0.270 e. The highest BCUT2D eigenvalue weighted by molar-refractivity contribution is 5.44. The van der Waals surface area contributed by atoms with E-state index in [0.29, 0.717) is 24.2 Å². The van der Waals surface area contributed by atoms with Gasteiger partial charge in [-0.25, -0.2) is 0 Å². The van der Waals surface area contributed by atoms with Crippen LogP contribution >= 0.6 is 0 Å². The lowest BCUT2D eigenvalue weighted by molar-refractivity contribution is -0.385. The molecule has 0 amide bonds. The number of ether oxygens (including phenoxy) is 1. The van der Waals surface area contributed by atoms with Crippen LogP contribution in [-0.4, -0.2) is 27.3 Å². The Bertz CT molecular complexity index is 509. The molecular formula is C15H21NO5. The Labute approximate surface area is 123 Å². The second-order valence-corrected chi connectivity index (χ2v) is 5.73. The molecule has 1 aromatic carbocycles. The lowest BCUT2D eigenvalue weighted by Crippen LogP contribution is -2.38. The third kappa shape index (κ3) is 3.92. The molecule has 0 saturated heterocycles. The monoisotopic (exact) mass is 295 g/mol. The van der Waals surface area contributed by atoms with Gasteiger partial charge in [-0.05, 0) is 25.8 Å². The van der Waals surface area contributed by atoms with Crippen molar-refractivity contribution in [3.63, 3.8) is 0 Å². The van der Waals surface area contributed by atoms with Crippen LogP contribution in [0.3, 0.4) is 0 Å². The molecule has 0 aromatic heterocycles. The van der Waals surface area contributed by atoms with E-state index in [-0.39, 0.29) is 12.3 Å². The maximum Gasteiger partial charge on any atom is 0.270 e. The average Bonchev–Trinajstić information content (AvgIpc) is 2.45. The normalized spacial score (nSPS) is 19.0. The summed E-state index contributed by atoms with van der Waals surface area (Å²) >= 11 is 0. The Morgan fingerprint density at radius 2 is 2.05 bits per heavy atom. The zero-order valence-electron chi connectivity index (χ0n) is 12.1. The molecule has 1 fully saturated rings. The Kier molecular flexibility index (Phi) is 4.80. The molecule has 2 rings (SSSR count). The molecule has 0 bridgehead atoms. The molecule has 6 heteroatoms. The van der Waals surface area contributed by atoms with Crippen LogP contribution < -0.4 is 4.74 Å². The van der Waals surface area contributed by atoms with Gasteiger partial charge in [-0.15, -0.1) is 0 Å². The summed E-state index contributed by atoms with van der Waals surface area (Å²) in [7, 11) is 0. The Balaban J connectivity index is 2.13. The highest BCUT2D eigenvalue weighted by Crippen LogP contribution is 2.32. The van der Waals surface area contributed by atoms with E-state index < -0.39 is 16.6 Å². The molecule has 1 atom stereocenters. The quantitative estimate of drug-likeness (QED) is 0.643. The predicted octanol–water partition coefficient (Wildman–Crippen LogP) is 2.72. The molecular weight excluding hydrogens is 274 g/mol. The van der Waals surface area contributed by atoms with Gasteiger partial charge in [0.25, 0.3) is 5.69 Å². The fraction of sp³-hybridized carbons (Fsp3) is 0.600. The van der Waals surface area contributed by atoms with Crippen LogP contribution in [0.15, 0.2) is 18.2 Å². The molecule has 116 valence electrons. The molecule has 2 N–H and O–H groups in total. The van der Waals surface area contributed by atoms with Crippen molar-refractivity contribution in [3.05, 3.63) is 33.9 Å². The van der Waals surface area contributed by atoms with Crippen molar-refractivity contribution in [1.29, 1.82) is 0 Å². The molecule has 1 aliphatic rings. The van der Waals surface area contributed by atoms with Crippen molar-refractivity contribution >= 4 is 5.69 Å². The zero-order chi connectivity index (χ0) is 15.5. The molecule has 0 heterocycles. The highest BCUT2D eigenvalue weighted by atomic mass is 16.6. The average molecular weight is 295 g/mol. The van der Waals surface area contributed by atoms with Gasteiger partial charge in [0.05, 0.1) is 16.6 Å². The molecule has 1 aliphatic carbocycles. The summed E-state index contributed by atoms with van der Waals surface area (Å²) in [6.45, 7) is 1.67. The van der Waals surface area contributed by atoms with Crippen molar-refractivity contribution in [1.82, 2.24) is 0 Å². The van der Waals surface area contributed by atoms with Crippen molar-refractivity contribution < 1.29 is 19.9 Å². The minimum absolute atomic E-state index is 0.0883. The van der Waals surface area contributed by atoms with E-state index in [1.165, 1.54) is 25.1 Å².